The predicted octanol–water partition coefficient (Wildman–Crippen LogP) is -2.27. The van der Waals surface area contributed by atoms with E-state index in [0.29, 0.717) is 0 Å². The van der Waals surface area contributed by atoms with Gasteiger partial charge in [0.25, 0.3) is 0 Å². The fourth-order valence-electron chi connectivity index (χ4n) is 0. The van der Waals surface area contributed by atoms with Crippen LogP contribution >= 0.6 is 0 Å². The molecule has 0 atom stereocenters. The normalized spacial score (nSPS) is 11.1. The molecule has 0 unspecified atom stereocenters. The Kier molecular flexibility index (Phi) is 35.3. The molecule has 0 saturated heterocycles. The molecule has 0 aromatic carbocycles. The van der Waals surface area contributed by atoms with Crippen LogP contribution in [0.5, 0.6) is 0 Å². The van der Waals surface area contributed by atoms with Crippen LogP contribution in [0.4, 0.5) is 0 Å². The summed E-state index contributed by atoms with van der Waals surface area (Å²) in [6.07, 6.45) is 0. The van der Waals surface area contributed by atoms with Crippen LogP contribution in [0, 0.1) is 0 Å². The third kappa shape index (κ3) is 3680. The molecule has 0 saturated carbocycles. The quantitative estimate of drug-likeness (QED) is 0.299. The maximum Gasteiger partial charge on any atom is 4.00 e. The molecule has 0 aliphatic carbocycles. The summed E-state index contributed by atoms with van der Waals surface area (Å²) < 4.78 is 0. The zero-order chi connectivity index (χ0) is 22.5. The largest absolute Gasteiger partial charge is 4.00 e. The van der Waals surface area contributed by atoms with Crippen LogP contribution < -0.4 is 76.9 Å². The fraction of sp³-hybridized carbons (Fsp3) is 1.00. The summed E-state index contributed by atoms with van der Waals surface area (Å²) >= 11 is 0. The Bertz CT molecular complexity index is 178. The van der Waals surface area contributed by atoms with Gasteiger partial charge in [-0.3, -0.25) is 0 Å². The van der Waals surface area contributed by atoms with Crippen molar-refractivity contribution in [3.05, 3.63) is 0 Å². The van der Waals surface area contributed by atoms with Crippen LogP contribution in [0.25, 0.3) is 0 Å². The first kappa shape index (κ1) is 47.2. The Morgan fingerprint density at radius 1 is 0.296 bits per heavy atom. The van der Waals surface area contributed by atoms with Crippen LogP contribution in [0.1, 0.15) is 104 Å². The zero-order valence-corrected chi connectivity index (χ0v) is 27.8. The van der Waals surface area contributed by atoms with E-state index < -0.39 is 28.0 Å². The van der Waals surface area contributed by atoms with E-state index >= 15 is 0 Å². The molecule has 0 radical (unpaired) electrons. The second kappa shape index (κ2) is 20.2. The molecule has 0 aliphatic rings. The monoisotopic (exact) mass is 584 g/mol. The Morgan fingerprint density at radius 3 is 0.296 bits per heavy atom. The third-order valence-corrected chi connectivity index (χ3v) is 0. The van der Waals surface area contributed by atoms with E-state index in [9.17, 15) is 25.5 Å². The predicted molar refractivity (Wildman–Crippen MR) is 98.8 cm³/mol. The summed E-state index contributed by atoms with van der Waals surface area (Å²) in [6.45, 7) is 24.5. The van der Waals surface area contributed by atoms with E-state index in [1.54, 1.807) is 104 Å². The number of rotatable bonds is 0. The van der Waals surface area contributed by atoms with Crippen LogP contribution in [-0.2, 0) is 25.8 Å². The summed E-state index contributed by atoms with van der Waals surface area (Å²) in [5.41, 5.74) is -3.75. The second-order valence-electron chi connectivity index (χ2n) is 10.6. The molecular formula is C20H45HfKO5. The van der Waals surface area contributed by atoms with E-state index in [1.807, 2.05) is 0 Å². The maximum atomic E-state index is 10.1. The van der Waals surface area contributed by atoms with Crippen molar-refractivity contribution in [3.63, 3.8) is 0 Å². The summed E-state index contributed by atoms with van der Waals surface area (Å²) in [4.78, 5) is 0. The molecule has 0 fully saturated rings. The minimum absolute atomic E-state index is 0. The summed E-state index contributed by atoms with van der Waals surface area (Å²) in [5, 5.41) is 50.5. The fourth-order valence-corrected chi connectivity index (χ4v) is 0. The van der Waals surface area contributed by atoms with Crippen molar-refractivity contribution < 1.29 is 103 Å². The van der Waals surface area contributed by atoms with Crippen LogP contribution in [0.15, 0.2) is 0 Å². The molecule has 0 aromatic rings. The first-order valence-corrected chi connectivity index (χ1v) is 8.52. The van der Waals surface area contributed by atoms with E-state index in [-0.39, 0.29) is 77.2 Å². The van der Waals surface area contributed by atoms with Gasteiger partial charge in [0.2, 0.25) is 0 Å². The third-order valence-electron chi connectivity index (χ3n) is 0. The van der Waals surface area contributed by atoms with Crippen LogP contribution in [0.3, 0.4) is 0 Å². The summed E-state index contributed by atoms with van der Waals surface area (Å²) in [7, 11) is 0. The zero-order valence-electron chi connectivity index (χ0n) is 21.0. The van der Waals surface area contributed by atoms with Gasteiger partial charge < -0.3 is 25.5 Å². The smallest absolute Gasteiger partial charge is 0.850 e. The second-order valence-corrected chi connectivity index (χ2v) is 10.6. The summed E-state index contributed by atoms with van der Waals surface area (Å²) in [6, 6.07) is 0. The molecule has 0 aromatic heterocycles. The number of hydrogen-bond acceptors (Lipinski definition) is 5. The first-order chi connectivity index (χ1) is 10.0. The first-order valence-electron chi connectivity index (χ1n) is 8.52. The van der Waals surface area contributed by atoms with Crippen molar-refractivity contribution in [2.75, 3.05) is 0 Å². The molecule has 0 aliphatic heterocycles. The minimum atomic E-state index is -0.750. The van der Waals surface area contributed by atoms with Gasteiger partial charge in [-0.05, 0) is 0 Å². The van der Waals surface area contributed by atoms with Gasteiger partial charge in [-0.25, -0.2) is 0 Å². The van der Waals surface area contributed by atoms with Crippen molar-refractivity contribution in [2.45, 2.75) is 132 Å². The molecule has 5 nitrogen and oxygen atoms in total. The Labute approximate surface area is 231 Å². The molecular weight excluding hydrogens is 538 g/mol. The molecule has 160 valence electrons. The van der Waals surface area contributed by atoms with E-state index in [0.717, 1.165) is 0 Å². The van der Waals surface area contributed by atoms with Gasteiger partial charge in [-0.2, -0.15) is 0 Å². The van der Waals surface area contributed by atoms with Crippen molar-refractivity contribution in [2.24, 2.45) is 0 Å². The molecule has 7 heteroatoms. The maximum absolute atomic E-state index is 10.1. The van der Waals surface area contributed by atoms with Gasteiger partial charge in [0.1, 0.15) is 0 Å². The topological polar surface area (TPSA) is 115 Å². The van der Waals surface area contributed by atoms with E-state index in [2.05, 4.69) is 0 Å². The molecule has 0 rings (SSSR count). The van der Waals surface area contributed by atoms with Gasteiger partial charge in [0.15, 0.2) is 0 Å². The van der Waals surface area contributed by atoms with Crippen molar-refractivity contribution >= 4 is 0 Å². The van der Waals surface area contributed by atoms with Crippen molar-refractivity contribution in [3.8, 4) is 0 Å². The minimum Gasteiger partial charge on any atom is -0.850 e. The van der Waals surface area contributed by atoms with E-state index in [4.69, 9.17) is 0 Å². The van der Waals surface area contributed by atoms with Crippen molar-refractivity contribution in [1.82, 2.24) is 0 Å². The molecule has 0 amide bonds. The standard InChI is InChI=1S/5C4H9O.Hf.K/c5*1-4(2,3)5;;/h5*1-3H3;;/q5*-1;+4;+1. The van der Waals surface area contributed by atoms with Crippen LogP contribution in [-0.4, -0.2) is 28.0 Å². The molecule has 0 bridgehead atoms. The Balaban J connectivity index is -0.0000000364. The van der Waals surface area contributed by atoms with Gasteiger partial charge in [-0.15, -0.1) is 28.0 Å². The molecule has 27 heavy (non-hydrogen) atoms. The van der Waals surface area contributed by atoms with Gasteiger partial charge >= 0.3 is 77.2 Å². The average molecular weight is 583 g/mol. The molecule has 0 N–H and O–H groups in total. The van der Waals surface area contributed by atoms with Gasteiger partial charge in [0.05, 0.1) is 0 Å². The van der Waals surface area contributed by atoms with E-state index in [1.165, 1.54) is 0 Å². The van der Waals surface area contributed by atoms with Gasteiger partial charge in [0, 0.05) is 0 Å². The van der Waals surface area contributed by atoms with Crippen LogP contribution in [0.2, 0.25) is 0 Å². The molecule has 0 heterocycles. The average Bonchev–Trinajstić information content (AvgIpc) is 1.79. The SMILES string of the molecule is CC(C)(C)[O-].CC(C)(C)[O-].CC(C)(C)[O-].CC(C)(C)[O-].CC(C)(C)[O-].[Hf+4].[K+]. The molecule has 0 spiro atoms. The number of hydrogen-bond donors (Lipinski definition) is 0. The summed E-state index contributed by atoms with van der Waals surface area (Å²) in [5.74, 6) is 0. The Morgan fingerprint density at radius 2 is 0.296 bits per heavy atom. The van der Waals surface area contributed by atoms with Crippen molar-refractivity contribution in [1.29, 1.82) is 0 Å². The Hall–Kier alpha value is 2.31. The van der Waals surface area contributed by atoms with Gasteiger partial charge in [-0.1, -0.05) is 104 Å².